The van der Waals surface area contributed by atoms with Gasteiger partial charge in [0.2, 0.25) is 5.91 Å². The molecule has 1 atom stereocenters. The lowest BCUT2D eigenvalue weighted by atomic mass is 10.1. The van der Waals surface area contributed by atoms with Gasteiger partial charge in [-0.3, -0.25) is 24.1 Å². The van der Waals surface area contributed by atoms with Gasteiger partial charge in [0.1, 0.15) is 12.4 Å². The molecular formula is C18H20N2O5. The van der Waals surface area contributed by atoms with Crippen molar-refractivity contribution in [3.8, 4) is 5.75 Å². The minimum Gasteiger partial charge on any atom is -0.491 e. The van der Waals surface area contributed by atoms with Gasteiger partial charge in [-0.1, -0.05) is 19.1 Å². The van der Waals surface area contributed by atoms with Gasteiger partial charge < -0.3 is 10.1 Å². The highest BCUT2D eigenvalue weighted by Crippen LogP contribution is 2.21. The summed E-state index contributed by atoms with van der Waals surface area (Å²) in [6.07, 6.45) is 3.36. The summed E-state index contributed by atoms with van der Waals surface area (Å²) in [6.45, 7) is 3.53. The Hall–Kier alpha value is -2.96. The van der Waals surface area contributed by atoms with Gasteiger partial charge in [-0.05, 0) is 18.6 Å². The second-order valence-corrected chi connectivity index (χ2v) is 5.61. The van der Waals surface area contributed by atoms with E-state index in [1.165, 1.54) is 12.2 Å². The molecule has 1 heterocycles. The average molecular weight is 344 g/mol. The quantitative estimate of drug-likeness (QED) is 0.561. The maximum atomic E-state index is 11.9. The maximum absolute atomic E-state index is 11.9. The highest BCUT2D eigenvalue weighted by Gasteiger charge is 2.32. The van der Waals surface area contributed by atoms with E-state index in [1.54, 1.807) is 32.0 Å². The minimum absolute atomic E-state index is 0.0343. The number of hydrogen-bond donors (Lipinski definition) is 1. The van der Waals surface area contributed by atoms with Crippen LogP contribution in [0.5, 0.6) is 5.75 Å². The fraction of sp³-hybridized carbons (Fsp3) is 0.333. The van der Waals surface area contributed by atoms with E-state index in [-0.39, 0.29) is 19.1 Å². The average Bonchev–Trinajstić information content (AvgIpc) is 2.93. The number of aldehydes is 1. The molecular weight excluding hydrogens is 324 g/mol. The van der Waals surface area contributed by atoms with Crippen LogP contribution in [0.4, 0.5) is 0 Å². The molecule has 1 aromatic rings. The van der Waals surface area contributed by atoms with Crippen molar-refractivity contribution < 1.29 is 23.9 Å². The molecule has 7 heteroatoms. The molecule has 2 rings (SSSR count). The van der Waals surface area contributed by atoms with E-state index in [4.69, 9.17) is 4.74 Å². The molecule has 0 aliphatic carbocycles. The zero-order chi connectivity index (χ0) is 18.4. The fourth-order valence-corrected chi connectivity index (χ4v) is 2.47. The Morgan fingerprint density at radius 1 is 1.28 bits per heavy atom. The molecule has 0 fully saturated rings. The number of hydrogen-bond acceptors (Lipinski definition) is 5. The summed E-state index contributed by atoms with van der Waals surface area (Å²) < 4.78 is 5.69. The smallest absolute Gasteiger partial charge is 0.254 e. The van der Waals surface area contributed by atoms with Crippen molar-refractivity contribution in [2.45, 2.75) is 26.3 Å². The topological polar surface area (TPSA) is 92.8 Å². The molecule has 25 heavy (non-hydrogen) atoms. The standard InChI is InChI=1S/C18H20N2O5/c1-3-16(22)19-9-13(20-17(23)7-8-18(20)24)11-25-15-6-4-5-12(2)14(15)10-21/h4-8,10,13H,3,9,11H2,1-2H3,(H,19,22). The highest BCUT2D eigenvalue weighted by atomic mass is 16.5. The third-order valence-corrected chi connectivity index (χ3v) is 3.90. The molecule has 0 radical (unpaired) electrons. The van der Waals surface area contributed by atoms with Gasteiger partial charge in [0.25, 0.3) is 11.8 Å². The van der Waals surface area contributed by atoms with E-state index in [2.05, 4.69) is 5.32 Å². The summed E-state index contributed by atoms with van der Waals surface area (Å²) in [6, 6.07) is 4.50. The molecule has 1 N–H and O–H groups in total. The van der Waals surface area contributed by atoms with Crippen LogP contribution in [0, 0.1) is 6.92 Å². The Morgan fingerprint density at radius 2 is 1.96 bits per heavy atom. The van der Waals surface area contributed by atoms with E-state index < -0.39 is 17.9 Å². The first kappa shape index (κ1) is 18.4. The predicted octanol–water partition coefficient (Wildman–Crippen LogP) is 1.01. The third-order valence-electron chi connectivity index (χ3n) is 3.90. The van der Waals surface area contributed by atoms with E-state index >= 15 is 0 Å². The molecule has 3 amide bonds. The number of rotatable bonds is 8. The van der Waals surface area contributed by atoms with Crippen LogP contribution < -0.4 is 10.1 Å². The lowest BCUT2D eigenvalue weighted by molar-refractivity contribution is -0.140. The molecule has 1 aromatic carbocycles. The Kier molecular flexibility index (Phi) is 6.05. The van der Waals surface area contributed by atoms with Gasteiger partial charge in [0.05, 0.1) is 11.6 Å². The minimum atomic E-state index is -0.675. The van der Waals surface area contributed by atoms with Gasteiger partial charge in [-0.2, -0.15) is 0 Å². The van der Waals surface area contributed by atoms with Crippen LogP contribution in [-0.4, -0.2) is 48.1 Å². The summed E-state index contributed by atoms with van der Waals surface area (Å²) in [5, 5.41) is 2.66. The van der Waals surface area contributed by atoms with E-state index in [0.717, 1.165) is 10.5 Å². The Labute approximate surface area is 145 Å². The highest BCUT2D eigenvalue weighted by molar-refractivity contribution is 6.13. The Balaban J connectivity index is 2.14. The van der Waals surface area contributed by atoms with E-state index in [0.29, 0.717) is 24.0 Å². The van der Waals surface area contributed by atoms with Crippen LogP contribution in [0.1, 0.15) is 29.3 Å². The molecule has 0 saturated carbocycles. The summed E-state index contributed by atoms with van der Waals surface area (Å²) >= 11 is 0. The van der Waals surface area contributed by atoms with Crippen molar-refractivity contribution in [1.29, 1.82) is 0 Å². The Morgan fingerprint density at radius 3 is 2.56 bits per heavy atom. The number of carbonyl (C=O) groups excluding carboxylic acids is 4. The second-order valence-electron chi connectivity index (χ2n) is 5.61. The van der Waals surface area contributed by atoms with Gasteiger partial charge in [-0.15, -0.1) is 0 Å². The number of benzene rings is 1. The van der Waals surface area contributed by atoms with Crippen molar-refractivity contribution >= 4 is 24.0 Å². The number of imide groups is 1. The Bertz CT molecular complexity index is 708. The fourth-order valence-electron chi connectivity index (χ4n) is 2.47. The van der Waals surface area contributed by atoms with Crippen molar-refractivity contribution in [3.05, 3.63) is 41.5 Å². The normalized spacial score (nSPS) is 14.6. The number of amides is 3. The molecule has 1 aliphatic heterocycles. The molecule has 0 aromatic heterocycles. The first-order valence-electron chi connectivity index (χ1n) is 7.97. The van der Waals surface area contributed by atoms with Crippen molar-refractivity contribution in [1.82, 2.24) is 10.2 Å². The molecule has 1 aliphatic rings. The van der Waals surface area contributed by atoms with Crippen LogP contribution in [0.3, 0.4) is 0 Å². The number of nitrogens with one attached hydrogen (secondary N) is 1. The molecule has 0 bridgehead atoms. The first-order valence-corrected chi connectivity index (χ1v) is 7.97. The number of ether oxygens (including phenoxy) is 1. The van der Waals surface area contributed by atoms with E-state index in [1.807, 2.05) is 0 Å². The summed E-state index contributed by atoms with van der Waals surface area (Å²) in [4.78, 5) is 47.6. The van der Waals surface area contributed by atoms with Crippen molar-refractivity contribution in [2.75, 3.05) is 13.2 Å². The van der Waals surface area contributed by atoms with Gasteiger partial charge in [-0.25, -0.2) is 0 Å². The number of nitrogens with zero attached hydrogens (tertiary/aromatic N) is 1. The number of aryl methyl sites for hydroxylation is 1. The molecule has 0 spiro atoms. The van der Waals surface area contributed by atoms with Gasteiger partial charge in [0, 0.05) is 25.1 Å². The van der Waals surface area contributed by atoms with Gasteiger partial charge in [0.15, 0.2) is 6.29 Å². The first-order chi connectivity index (χ1) is 12.0. The molecule has 0 saturated heterocycles. The molecule has 1 unspecified atom stereocenters. The summed E-state index contributed by atoms with van der Waals surface area (Å²) in [5.41, 5.74) is 1.18. The van der Waals surface area contributed by atoms with Crippen LogP contribution in [0.25, 0.3) is 0 Å². The molecule has 132 valence electrons. The van der Waals surface area contributed by atoms with Crippen LogP contribution >= 0.6 is 0 Å². The third kappa shape index (κ3) is 4.32. The zero-order valence-corrected chi connectivity index (χ0v) is 14.2. The summed E-state index contributed by atoms with van der Waals surface area (Å²) in [7, 11) is 0. The van der Waals surface area contributed by atoms with E-state index in [9.17, 15) is 19.2 Å². The second kappa shape index (κ2) is 8.23. The lowest BCUT2D eigenvalue weighted by Crippen LogP contribution is -2.49. The lowest BCUT2D eigenvalue weighted by Gasteiger charge is -2.26. The van der Waals surface area contributed by atoms with Crippen LogP contribution in [-0.2, 0) is 14.4 Å². The number of carbonyl (C=O) groups is 4. The largest absolute Gasteiger partial charge is 0.491 e. The predicted molar refractivity (Wildman–Crippen MR) is 90.1 cm³/mol. The summed E-state index contributed by atoms with van der Waals surface area (Å²) in [5.74, 6) is -0.733. The maximum Gasteiger partial charge on any atom is 0.254 e. The van der Waals surface area contributed by atoms with Crippen LogP contribution in [0.15, 0.2) is 30.4 Å². The van der Waals surface area contributed by atoms with Crippen molar-refractivity contribution in [3.63, 3.8) is 0 Å². The SMILES string of the molecule is CCC(=O)NCC(COc1cccc(C)c1C=O)N1C(=O)C=CC1=O. The monoisotopic (exact) mass is 344 g/mol. The van der Waals surface area contributed by atoms with Crippen molar-refractivity contribution in [2.24, 2.45) is 0 Å². The van der Waals surface area contributed by atoms with Gasteiger partial charge >= 0.3 is 0 Å². The molecule has 7 nitrogen and oxygen atoms in total. The van der Waals surface area contributed by atoms with Crippen LogP contribution in [0.2, 0.25) is 0 Å². The zero-order valence-electron chi connectivity index (χ0n) is 14.2.